The number of sulfonamides is 1. The summed E-state index contributed by atoms with van der Waals surface area (Å²) < 4.78 is 66.4. The van der Waals surface area contributed by atoms with Crippen LogP contribution < -0.4 is 4.72 Å². The summed E-state index contributed by atoms with van der Waals surface area (Å²) in [4.78, 5) is 8.22. The first-order valence-corrected chi connectivity index (χ1v) is 9.65. The number of nitrogens with zero attached hydrogens (tertiary/aromatic N) is 3. The van der Waals surface area contributed by atoms with Crippen molar-refractivity contribution in [2.75, 3.05) is 7.05 Å². The Morgan fingerprint density at radius 1 is 1.14 bits per heavy atom. The fourth-order valence-corrected chi connectivity index (χ4v) is 3.43. The molecule has 1 aromatic carbocycles. The summed E-state index contributed by atoms with van der Waals surface area (Å²) in [6.07, 6.45) is -0.128. The van der Waals surface area contributed by atoms with Crippen LogP contribution >= 0.6 is 0 Å². The van der Waals surface area contributed by atoms with Gasteiger partial charge in [0.1, 0.15) is 0 Å². The van der Waals surface area contributed by atoms with E-state index in [9.17, 15) is 21.6 Å². The van der Waals surface area contributed by atoms with Crippen molar-refractivity contribution in [1.82, 2.24) is 19.3 Å². The third-order valence-corrected chi connectivity index (χ3v) is 5.58. The highest BCUT2D eigenvalue weighted by Gasteiger charge is 2.30. The molecule has 10 heteroatoms. The summed E-state index contributed by atoms with van der Waals surface area (Å²) in [6, 6.07) is 6.84. The van der Waals surface area contributed by atoms with Gasteiger partial charge in [0.15, 0.2) is 0 Å². The molecule has 2 heterocycles. The minimum absolute atomic E-state index is 0.0692. The molecule has 6 nitrogen and oxygen atoms in total. The van der Waals surface area contributed by atoms with E-state index in [1.165, 1.54) is 25.2 Å². The van der Waals surface area contributed by atoms with Gasteiger partial charge in [-0.25, -0.2) is 18.1 Å². The van der Waals surface area contributed by atoms with Crippen molar-refractivity contribution < 1.29 is 21.6 Å². The SMILES string of the molecule is CNS(=O)(=O)c1ccc(Cc2ccc(C(F)(F)F)cn2)c(-c2cn(C)cn2)c1. The van der Waals surface area contributed by atoms with Crippen molar-refractivity contribution in [1.29, 1.82) is 0 Å². The van der Waals surface area contributed by atoms with Gasteiger partial charge in [-0.1, -0.05) is 6.07 Å². The lowest BCUT2D eigenvalue weighted by Crippen LogP contribution is -2.18. The molecule has 148 valence electrons. The van der Waals surface area contributed by atoms with Crippen molar-refractivity contribution in [2.45, 2.75) is 17.5 Å². The number of hydrogen-bond donors (Lipinski definition) is 1. The van der Waals surface area contributed by atoms with Gasteiger partial charge >= 0.3 is 6.18 Å². The number of pyridine rings is 1. The van der Waals surface area contributed by atoms with Crippen molar-refractivity contribution in [3.8, 4) is 11.3 Å². The zero-order chi connectivity index (χ0) is 20.5. The van der Waals surface area contributed by atoms with Gasteiger partial charge in [-0.2, -0.15) is 13.2 Å². The maximum atomic E-state index is 12.7. The van der Waals surface area contributed by atoms with Crippen LogP contribution in [0.1, 0.15) is 16.8 Å². The Morgan fingerprint density at radius 3 is 2.43 bits per heavy atom. The summed E-state index contributed by atoms with van der Waals surface area (Å²) >= 11 is 0. The number of hydrogen-bond acceptors (Lipinski definition) is 4. The third kappa shape index (κ3) is 4.23. The van der Waals surface area contributed by atoms with Gasteiger partial charge in [-0.3, -0.25) is 4.98 Å². The second-order valence-corrected chi connectivity index (χ2v) is 8.05. The summed E-state index contributed by atoms with van der Waals surface area (Å²) in [7, 11) is -0.564. The lowest BCUT2D eigenvalue weighted by molar-refractivity contribution is -0.137. The minimum Gasteiger partial charge on any atom is -0.340 e. The minimum atomic E-state index is -4.45. The van der Waals surface area contributed by atoms with Crippen molar-refractivity contribution >= 4 is 10.0 Å². The lowest BCUT2D eigenvalue weighted by atomic mass is 10.0. The van der Waals surface area contributed by atoms with Crippen molar-refractivity contribution in [3.63, 3.8) is 0 Å². The Kier molecular flexibility index (Phi) is 5.26. The Hall–Kier alpha value is -2.72. The molecule has 3 aromatic rings. The largest absolute Gasteiger partial charge is 0.417 e. The zero-order valence-corrected chi connectivity index (χ0v) is 15.8. The average molecular weight is 410 g/mol. The number of nitrogens with one attached hydrogen (secondary N) is 1. The molecule has 0 spiro atoms. The molecule has 0 amide bonds. The van der Waals surface area contributed by atoms with Crippen molar-refractivity contribution in [2.24, 2.45) is 7.05 Å². The third-order valence-electron chi connectivity index (χ3n) is 4.16. The van der Waals surface area contributed by atoms with Crippen LogP contribution in [-0.4, -0.2) is 30.0 Å². The maximum Gasteiger partial charge on any atom is 0.417 e. The van der Waals surface area contributed by atoms with E-state index in [-0.39, 0.29) is 11.3 Å². The Balaban J connectivity index is 2.03. The fraction of sp³-hybridized carbons (Fsp3) is 0.222. The molecule has 1 N–H and O–H groups in total. The number of aromatic nitrogens is 3. The summed E-state index contributed by atoms with van der Waals surface area (Å²) in [5.74, 6) is 0. The Morgan fingerprint density at radius 2 is 1.89 bits per heavy atom. The highest BCUT2D eigenvalue weighted by atomic mass is 32.2. The van der Waals surface area contributed by atoms with Gasteiger partial charge < -0.3 is 4.57 Å². The monoisotopic (exact) mass is 410 g/mol. The van der Waals surface area contributed by atoms with E-state index < -0.39 is 21.8 Å². The molecule has 28 heavy (non-hydrogen) atoms. The molecule has 0 bridgehead atoms. The van der Waals surface area contributed by atoms with E-state index in [0.29, 0.717) is 22.5 Å². The number of rotatable bonds is 5. The number of imidazole rings is 1. The first-order chi connectivity index (χ1) is 13.1. The van der Waals surface area contributed by atoms with Gasteiger partial charge in [0, 0.05) is 37.1 Å². The number of aryl methyl sites for hydroxylation is 1. The van der Waals surface area contributed by atoms with E-state index in [2.05, 4.69) is 14.7 Å². The quantitative estimate of drug-likeness (QED) is 0.702. The van der Waals surface area contributed by atoms with Crippen molar-refractivity contribution in [3.05, 3.63) is 65.9 Å². The molecule has 0 fully saturated rings. The normalized spacial score (nSPS) is 12.3. The van der Waals surface area contributed by atoms with Crippen LogP contribution in [0.5, 0.6) is 0 Å². The highest BCUT2D eigenvalue weighted by molar-refractivity contribution is 7.89. The molecule has 0 aliphatic heterocycles. The van der Waals surface area contributed by atoms with Crippen LogP contribution in [0.3, 0.4) is 0 Å². The lowest BCUT2D eigenvalue weighted by Gasteiger charge is -2.11. The van der Waals surface area contributed by atoms with Gasteiger partial charge in [0.2, 0.25) is 10.0 Å². The van der Waals surface area contributed by atoms with Gasteiger partial charge in [-0.05, 0) is 36.9 Å². The van der Waals surface area contributed by atoms with Crippen LogP contribution in [0.25, 0.3) is 11.3 Å². The van der Waals surface area contributed by atoms with Crippen LogP contribution in [-0.2, 0) is 29.7 Å². The second-order valence-electron chi connectivity index (χ2n) is 6.16. The molecular weight excluding hydrogens is 393 g/mol. The van der Waals surface area contributed by atoms with Crippen LogP contribution in [0.2, 0.25) is 0 Å². The first kappa shape index (κ1) is 20.0. The molecule has 0 unspecified atom stereocenters. The predicted octanol–water partition coefficient (Wildman–Crippen LogP) is 3.00. The molecule has 0 saturated carbocycles. The summed E-state index contributed by atoms with van der Waals surface area (Å²) in [5, 5.41) is 0. The molecular formula is C18H17F3N4O2S. The van der Waals surface area contributed by atoms with Crippen LogP contribution in [0.4, 0.5) is 13.2 Å². The van der Waals surface area contributed by atoms with Crippen LogP contribution in [0.15, 0.2) is 53.9 Å². The maximum absolute atomic E-state index is 12.7. The average Bonchev–Trinajstić information content (AvgIpc) is 3.08. The van der Waals surface area contributed by atoms with E-state index in [0.717, 1.165) is 12.3 Å². The topological polar surface area (TPSA) is 76.9 Å². The van der Waals surface area contributed by atoms with Gasteiger partial charge in [0.25, 0.3) is 0 Å². The molecule has 0 saturated heterocycles. The predicted molar refractivity (Wildman–Crippen MR) is 96.9 cm³/mol. The smallest absolute Gasteiger partial charge is 0.340 e. The molecule has 0 aliphatic rings. The summed E-state index contributed by atoms with van der Waals surface area (Å²) in [5.41, 5.74) is 1.42. The molecule has 0 radical (unpaired) electrons. The number of halogens is 3. The Labute approximate surface area is 160 Å². The number of benzene rings is 1. The fourth-order valence-electron chi connectivity index (χ4n) is 2.68. The van der Waals surface area contributed by atoms with E-state index in [1.807, 2.05) is 0 Å². The van der Waals surface area contributed by atoms with E-state index >= 15 is 0 Å². The van der Waals surface area contributed by atoms with Gasteiger partial charge in [-0.15, -0.1) is 0 Å². The molecule has 0 atom stereocenters. The van der Waals surface area contributed by atoms with E-state index in [1.54, 1.807) is 30.2 Å². The zero-order valence-electron chi connectivity index (χ0n) is 15.0. The molecule has 3 rings (SSSR count). The highest BCUT2D eigenvalue weighted by Crippen LogP contribution is 2.30. The summed E-state index contributed by atoms with van der Waals surface area (Å²) in [6.45, 7) is 0. The molecule has 0 aliphatic carbocycles. The first-order valence-electron chi connectivity index (χ1n) is 8.17. The van der Waals surface area contributed by atoms with Crippen LogP contribution in [0, 0.1) is 0 Å². The number of alkyl halides is 3. The van der Waals surface area contributed by atoms with E-state index in [4.69, 9.17) is 0 Å². The second kappa shape index (κ2) is 7.36. The Bertz CT molecular complexity index is 1090. The standard InChI is InChI=1S/C18H17F3N4O2S/c1-22-28(26,27)15-6-3-12(16(8-15)17-10-25(2)11-24-17)7-14-5-4-13(9-23-14)18(19,20)21/h3-6,8-11,22H,7H2,1-2H3. The molecule has 2 aromatic heterocycles. The van der Waals surface area contributed by atoms with Gasteiger partial charge in [0.05, 0.1) is 22.5 Å².